The maximum absolute atomic E-state index is 12.3. The molecule has 1 atom stereocenters. The molecule has 1 aliphatic heterocycles. The van der Waals surface area contributed by atoms with Crippen LogP contribution in [-0.2, 0) is 9.59 Å². The fourth-order valence-corrected chi connectivity index (χ4v) is 3.06. The zero-order valence-electron chi connectivity index (χ0n) is 15.8. The molecule has 1 fully saturated rings. The summed E-state index contributed by atoms with van der Waals surface area (Å²) in [6.45, 7) is 4.42. The second-order valence-corrected chi connectivity index (χ2v) is 6.71. The van der Waals surface area contributed by atoms with E-state index in [0.717, 1.165) is 11.3 Å². The van der Waals surface area contributed by atoms with E-state index in [1.807, 2.05) is 32.0 Å². The highest BCUT2D eigenvalue weighted by Gasteiger charge is 2.31. The molecule has 1 heterocycles. The Hall–Kier alpha value is -3.02. The number of hydrogen-bond acceptors (Lipinski definition) is 4. The van der Waals surface area contributed by atoms with Gasteiger partial charge in [-0.2, -0.15) is 0 Å². The zero-order valence-corrected chi connectivity index (χ0v) is 15.8. The third kappa shape index (κ3) is 4.58. The average Bonchev–Trinajstić information content (AvgIpc) is 3.02. The van der Waals surface area contributed by atoms with Gasteiger partial charge in [-0.25, -0.2) is 0 Å². The number of anilines is 1. The molecule has 2 aromatic rings. The molecule has 0 saturated carbocycles. The van der Waals surface area contributed by atoms with E-state index in [2.05, 4.69) is 5.32 Å². The minimum Gasteiger partial charge on any atom is -0.497 e. The van der Waals surface area contributed by atoms with Crippen LogP contribution in [-0.4, -0.2) is 38.1 Å². The monoisotopic (exact) mass is 368 g/mol. The fourth-order valence-electron chi connectivity index (χ4n) is 3.06. The molecule has 2 amide bonds. The number of hydrogen-bond donors (Lipinski definition) is 1. The number of ether oxygens (including phenoxy) is 2. The molecule has 6 nitrogen and oxygen atoms in total. The first-order chi connectivity index (χ1) is 13.0. The third-order valence-electron chi connectivity index (χ3n) is 4.70. The van der Waals surface area contributed by atoms with Crippen molar-refractivity contribution in [3.63, 3.8) is 0 Å². The molecule has 0 aliphatic carbocycles. The Morgan fingerprint density at radius 3 is 2.67 bits per heavy atom. The highest BCUT2D eigenvalue weighted by molar-refractivity contribution is 5.97. The molecule has 1 aliphatic rings. The van der Waals surface area contributed by atoms with Gasteiger partial charge >= 0.3 is 0 Å². The van der Waals surface area contributed by atoms with E-state index in [9.17, 15) is 9.59 Å². The van der Waals surface area contributed by atoms with Gasteiger partial charge in [0.25, 0.3) is 5.91 Å². The Balaban J connectivity index is 1.54. The number of methoxy groups -OCH3 is 1. The number of nitrogens with one attached hydrogen (secondary N) is 1. The highest BCUT2D eigenvalue weighted by Crippen LogP contribution is 2.24. The summed E-state index contributed by atoms with van der Waals surface area (Å²) in [7, 11) is 1.57. The van der Waals surface area contributed by atoms with Crippen LogP contribution in [0.4, 0.5) is 5.69 Å². The van der Waals surface area contributed by atoms with Gasteiger partial charge in [0.15, 0.2) is 6.61 Å². The van der Waals surface area contributed by atoms with Crippen LogP contribution in [0.1, 0.15) is 17.5 Å². The van der Waals surface area contributed by atoms with Crippen LogP contribution in [0, 0.1) is 13.8 Å². The molecule has 0 aromatic heterocycles. The molecule has 27 heavy (non-hydrogen) atoms. The van der Waals surface area contributed by atoms with E-state index in [1.165, 1.54) is 5.56 Å². The van der Waals surface area contributed by atoms with Gasteiger partial charge in [-0.1, -0.05) is 12.1 Å². The lowest BCUT2D eigenvalue weighted by Gasteiger charge is -2.18. The summed E-state index contributed by atoms with van der Waals surface area (Å²) in [5, 5.41) is 2.88. The van der Waals surface area contributed by atoms with Gasteiger partial charge < -0.3 is 19.7 Å². The van der Waals surface area contributed by atoms with Gasteiger partial charge in [-0.05, 0) is 49.2 Å². The minimum absolute atomic E-state index is 0.0114. The Labute approximate surface area is 159 Å². The predicted octanol–water partition coefficient (Wildman–Crippen LogP) is 2.61. The summed E-state index contributed by atoms with van der Waals surface area (Å²) in [5.74, 6) is 0.983. The Kier molecular flexibility index (Phi) is 5.64. The number of carbonyl (C=O) groups is 2. The Morgan fingerprint density at radius 1 is 1.15 bits per heavy atom. The highest BCUT2D eigenvalue weighted by atomic mass is 16.5. The van der Waals surface area contributed by atoms with Gasteiger partial charge in [-0.3, -0.25) is 9.59 Å². The van der Waals surface area contributed by atoms with Crippen LogP contribution in [0.2, 0.25) is 0 Å². The minimum atomic E-state index is -0.252. The van der Waals surface area contributed by atoms with Crippen molar-refractivity contribution in [2.24, 2.45) is 0 Å². The summed E-state index contributed by atoms with van der Waals surface area (Å²) >= 11 is 0. The molecule has 1 unspecified atom stereocenters. The molecule has 142 valence electrons. The van der Waals surface area contributed by atoms with Gasteiger partial charge in [-0.15, -0.1) is 0 Å². The van der Waals surface area contributed by atoms with E-state index in [0.29, 0.717) is 18.0 Å². The van der Waals surface area contributed by atoms with Crippen molar-refractivity contribution >= 4 is 17.5 Å². The SMILES string of the molecule is COc1cccc(OCC(=O)NC2CC(=O)N(c3ccc(C)c(C)c3)C2)c1. The van der Waals surface area contributed by atoms with Gasteiger partial charge in [0, 0.05) is 24.7 Å². The van der Waals surface area contributed by atoms with Crippen LogP contribution in [0.5, 0.6) is 11.5 Å². The predicted molar refractivity (Wildman–Crippen MR) is 103 cm³/mol. The van der Waals surface area contributed by atoms with Gasteiger partial charge in [0.05, 0.1) is 13.2 Å². The molecule has 2 aromatic carbocycles. The summed E-state index contributed by atoms with van der Waals surface area (Å²) in [4.78, 5) is 26.2. The van der Waals surface area contributed by atoms with E-state index in [1.54, 1.807) is 36.3 Å². The molecule has 1 N–H and O–H groups in total. The lowest BCUT2D eigenvalue weighted by atomic mass is 10.1. The largest absolute Gasteiger partial charge is 0.497 e. The first-order valence-electron chi connectivity index (χ1n) is 8.90. The van der Waals surface area contributed by atoms with Gasteiger partial charge in [0.2, 0.25) is 5.91 Å². The molecule has 6 heteroatoms. The molecule has 0 spiro atoms. The van der Waals surface area contributed by atoms with E-state index >= 15 is 0 Å². The summed E-state index contributed by atoms with van der Waals surface area (Å²) in [6.07, 6.45) is 0.290. The van der Waals surface area contributed by atoms with Gasteiger partial charge in [0.1, 0.15) is 11.5 Å². The number of nitrogens with zero attached hydrogens (tertiary/aromatic N) is 1. The molecule has 0 radical (unpaired) electrons. The second-order valence-electron chi connectivity index (χ2n) is 6.71. The van der Waals surface area contributed by atoms with Crippen molar-refractivity contribution in [2.45, 2.75) is 26.3 Å². The fraction of sp³-hybridized carbons (Fsp3) is 0.333. The van der Waals surface area contributed by atoms with E-state index < -0.39 is 0 Å². The maximum atomic E-state index is 12.3. The lowest BCUT2D eigenvalue weighted by Crippen LogP contribution is -2.39. The number of rotatable bonds is 6. The van der Waals surface area contributed by atoms with E-state index in [-0.39, 0.29) is 30.9 Å². The smallest absolute Gasteiger partial charge is 0.258 e. The van der Waals surface area contributed by atoms with Crippen LogP contribution in [0.15, 0.2) is 42.5 Å². The zero-order chi connectivity index (χ0) is 19.4. The van der Waals surface area contributed by atoms with Crippen LogP contribution in [0.3, 0.4) is 0 Å². The summed E-state index contributed by atoms with van der Waals surface area (Å²) in [6, 6.07) is 12.8. The van der Waals surface area contributed by atoms with E-state index in [4.69, 9.17) is 9.47 Å². The van der Waals surface area contributed by atoms with Crippen molar-refractivity contribution in [1.29, 1.82) is 0 Å². The molecular weight excluding hydrogens is 344 g/mol. The summed E-state index contributed by atoms with van der Waals surface area (Å²) < 4.78 is 10.6. The van der Waals surface area contributed by atoms with Crippen LogP contribution >= 0.6 is 0 Å². The van der Waals surface area contributed by atoms with Crippen LogP contribution < -0.4 is 19.7 Å². The maximum Gasteiger partial charge on any atom is 0.258 e. The second kappa shape index (κ2) is 8.12. The first kappa shape index (κ1) is 18.8. The number of amides is 2. The lowest BCUT2D eigenvalue weighted by molar-refractivity contribution is -0.123. The van der Waals surface area contributed by atoms with Crippen LogP contribution in [0.25, 0.3) is 0 Å². The summed E-state index contributed by atoms with van der Waals surface area (Å²) in [5.41, 5.74) is 3.19. The third-order valence-corrected chi connectivity index (χ3v) is 4.70. The molecule has 0 bridgehead atoms. The standard InChI is InChI=1S/C21H24N2O4/c1-14-7-8-17(9-15(14)2)23-12-16(10-21(23)25)22-20(24)13-27-19-6-4-5-18(11-19)26-3/h4-9,11,16H,10,12-13H2,1-3H3,(H,22,24). The quantitative estimate of drug-likeness (QED) is 0.851. The van der Waals surface area contributed by atoms with Crippen molar-refractivity contribution < 1.29 is 19.1 Å². The van der Waals surface area contributed by atoms with Crippen molar-refractivity contribution in [2.75, 3.05) is 25.2 Å². The number of carbonyl (C=O) groups excluding carboxylic acids is 2. The van der Waals surface area contributed by atoms with Crippen molar-refractivity contribution in [1.82, 2.24) is 5.32 Å². The Morgan fingerprint density at radius 2 is 1.93 bits per heavy atom. The normalized spacial score (nSPS) is 16.3. The van der Waals surface area contributed by atoms with Crippen molar-refractivity contribution in [3.8, 4) is 11.5 Å². The van der Waals surface area contributed by atoms with Crippen molar-refractivity contribution in [3.05, 3.63) is 53.6 Å². The average molecular weight is 368 g/mol. The Bertz CT molecular complexity index is 850. The number of benzene rings is 2. The molecule has 3 rings (SSSR count). The molecular formula is C21H24N2O4. The number of aryl methyl sites for hydroxylation is 2. The topological polar surface area (TPSA) is 67.9 Å². The first-order valence-corrected chi connectivity index (χ1v) is 8.90. The molecule has 1 saturated heterocycles.